The SMILES string of the molecule is Cc1nc2ccccc2c2c(NC(=O)C3CCOCC3)c3ccccc3n12. The predicted octanol–water partition coefficient (Wildman–Crippen LogP) is 4.31. The van der Waals surface area contributed by atoms with Crippen LogP contribution in [0.15, 0.2) is 48.5 Å². The first-order valence-electron chi connectivity index (χ1n) is 9.41. The van der Waals surface area contributed by atoms with Gasteiger partial charge in [-0.25, -0.2) is 4.98 Å². The summed E-state index contributed by atoms with van der Waals surface area (Å²) in [5.74, 6) is 0.989. The number of benzene rings is 2. The summed E-state index contributed by atoms with van der Waals surface area (Å²) in [5, 5.41) is 5.34. The summed E-state index contributed by atoms with van der Waals surface area (Å²) in [6.45, 7) is 3.32. The first-order valence-corrected chi connectivity index (χ1v) is 9.41. The molecule has 0 saturated carbocycles. The normalized spacial score (nSPS) is 15.6. The third-order valence-corrected chi connectivity index (χ3v) is 5.48. The van der Waals surface area contributed by atoms with Crippen molar-refractivity contribution in [2.24, 2.45) is 5.92 Å². The molecule has 1 amide bonds. The third-order valence-electron chi connectivity index (χ3n) is 5.48. The summed E-state index contributed by atoms with van der Waals surface area (Å²) >= 11 is 0. The molecular formula is C22H21N3O2. The zero-order valence-corrected chi connectivity index (χ0v) is 15.2. The van der Waals surface area contributed by atoms with Gasteiger partial charge >= 0.3 is 0 Å². The van der Waals surface area contributed by atoms with Crippen LogP contribution in [0.3, 0.4) is 0 Å². The van der Waals surface area contributed by atoms with Gasteiger partial charge in [0.05, 0.1) is 22.2 Å². The second kappa shape index (κ2) is 6.35. The topological polar surface area (TPSA) is 55.6 Å². The van der Waals surface area contributed by atoms with Crippen LogP contribution in [0.4, 0.5) is 5.69 Å². The van der Waals surface area contributed by atoms with Gasteiger partial charge in [0.1, 0.15) is 5.82 Å². The predicted molar refractivity (Wildman–Crippen MR) is 107 cm³/mol. The standard InChI is InChI=1S/C22H21N3O2/c1-14-23-18-8-4-2-6-16(18)21-20(17-7-3-5-9-19(17)25(14)21)24-22(26)15-10-12-27-13-11-15/h2-9,15H,10-13H2,1H3,(H,24,26). The Hall–Kier alpha value is -2.92. The van der Waals surface area contributed by atoms with Crippen LogP contribution in [0.25, 0.3) is 27.3 Å². The summed E-state index contributed by atoms with van der Waals surface area (Å²) in [6, 6.07) is 16.3. The Balaban J connectivity index is 1.77. The van der Waals surface area contributed by atoms with Gasteiger partial charge in [-0.05, 0) is 31.9 Å². The van der Waals surface area contributed by atoms with Gasteiger partial charge in [-0.3, -0.25) is 9.20 Å². The van der Waals surface area contributed by atoms with Crippen LogP contribution < -0.4 is 5.32 Å². The lowest BCUT2D eigenvalue weighted by atomic mass is 9.99. The van der Waals surface area contributed by atoms with Crippen LogP contribution >= 0.6 is 0 Å². The van der Waals surface area contributed by atoms with E-state index in [0.29, 0.717) is 13.2 Å². The van der Waals surface area contributed by atoms with Crippen LogP contribution in [-0.2, 0) is 9.53 Å². The molecule has 5 nitrogen and oxygen atoms in total. The van der Waals surface area contributed by atoms with Gasteiger partial charge in [-0.2, -0.15) is 0 Å². The van der Waals surface area contributed by atoms with Crippen molar-refractivity contribution in [3.8, 4) is 0 Å². The van der Waals surface area contributed by atoms with Gasteiger partial charge in [0, 0.05) is 29.9 Å². The molecule has 1 aliphatic rings. The van der Waals surface area contributed by atoms with Crippen molar-refractivity contribution in [2.45, 2.75) is 19.8 Å². The van der Waals surface area contributed by atoms with E-state index < -0.39 is 0 Å². The number of hydrogen-bond donors (Lipinski definition) is 1. The zero-order valence-electron chi connectivity index (χ0n) is 15.2. The van der Waals surface area contributed by atoms with Gasteiger partial charge in [0.25, 0.3) is 0 Å². The molecule has 0 bridgehead atoms. The van der Waals surface area contributed by atoms with Crippen molar-refractivity contribution in [3.05, 3.63) is 54.4 Å². The van der Waals surface area contributed by atoms with Crippen LogP contribution in [0, 0.1) is 12.8 Å². The van der Waals surface area contributed by atoms with Gasteiger partial charge in [0.15, 0.2) is 0 Å². The molecule has 5 rings (SSSR count). The molecule has 0 atom stereocenters. The zero-order chi connectivity index (χ0) is 18.4. The van der Waals surface area contributed by atoms with E-state index in [1.165, 1.54) is 0 Å². The average Bonchev–Trinajstić information content (AvgIpc) is 3.04. The fourth-order valence-corrected chi connectivity index (χ4v) is 4.14. The maximum Gasteiger partial charge on any atom is 0.227 e. The van der Waals surface area contributed by atoms with Gasteiger partial charge in [-0.15, -0.1) is 0 Å². The number of nitrogens with one attached hydrogen (secondary N) is 1. The minimum absolute atomic E-state index is 0.00154. The number of aryl methyl sites for hydroxylation is 1. The molecule has 0 radical (unpaired) electrons. The molecule has 1 N–H and O–H groups in total. The van der Waals surface area contributed by atoms with Crippen LogP contribution in [0.5, 0.6) is 0 Å². The van der Waals surface area contributed by atoms with E-state index >= 15 is 0 Å². The Morgan fingerprint density at radius 2 is 1.78 bits per heavy atom. The van der Waals surface area contributed by atoms with E-state index in [2.05, 4.69) is 27.9 Å². The number of para-hydroxylation sites is 2. The first-order chi connectivity index (χ1) is 13.2. The number of ether oxygens (including phenoxy) is 1. The lowest BCUT2D eigenvalue weighted by Gasteiger charge is -2.21. The minimum atomic E-state index is 0.00154. The Kier molecular flexibility index (Phi) is 3.83. The van der Waals surface area contributed by atoms with Crippen molar-refractivity contribution >= 4 is 38.9 Å². The molecular weight excluding hydrogens is 338 g/mol. The number of aromatic nitrogens is 2. The maximum atomic E-state index is 13.0. The molecule has 0 spiro atoms. The molecule has 0 aliphatic carbocycles. The molecule has 4 aromatic rings. The van der Waals surface area contributed by atoms with Crippen molar-refractivity contribution in [3.63, 3.8) is 0 Å². The highest BCUT2D eigenvalue weighted by molar-refractivity contribution is 6.16. The third kappa shape index (κ3) is 2.58. The van der Waals surface area contributed by atoms with E-state index in [9.17, 15) is 4.79 Å². The minimum Gasteiger partial charge on any atom is -0.381 e. The molecule has 5 heteroatoms. The molecule has 1 fully saturated rings. The van der Waals surface area contributed by atoms with E-state index in [-0.39, 0.29) is 11.8 Å². The fourth-order valence-electron chi connectivity index (χ4n) is 4.14. The van der Waals surface area contributed by atoms with Gasteiger partial charge in [0.2, 0.25) is 5.91 Å². The summed E-state index contributed by atoms with van der Waals surface area (Å²) in [4.78, 5) is 17.8. The molecule has 1 saturated heterocycles. The summed E-state index contributed by atoms with van der Waals surface area (Å²) in [5.41, 5.74) is 3.89. The monoisotopic (exact) mass is 359 g/mol. The highest BCUT2D eigenvalue weighted by atomic mass is 16.5. The van der Waals surface area contributed by atoms with Crippen molar-refractivity contribution in [1.29, 1.82) is 0 Å². The lowest BCUT2D eigenvalue weighted by molar-refractivity contribution is -0.122. The lowest BCUT2D eigenvalue weighted by Crippen LogP contribution is -2.28. The molecule has 0 unspecified atom stereocenters. The molecule has 27 heavy (non-hydrogen) atoms. The van der Waals surface area contributed by atoms with E-state index in [4.69, 9.17) is 9.72 Å². The maximum absolute atomic E-state index is 13.0. The fraction of sp³-hybridized carbons (Fsp3) is 0.273. The Labute approximate surface area is 157 Å². The number of rotatable bonds is 2. The van der Waals surface area contributed by atoms with Crippen LogP contribution in [0.2, 0.25) is 0 Å². The second-order valence-corrected chi connectivity index (χ2v) is 7.13. The van der Waals surface area contributed by atoms with Crippen molar-refractivity contribution < 1.29 is 9.53 Å². The number of amides is 1. The summed E-state index contributed by atoms with van der Waals surface area (Å²) in [6.07, 6.45) is 1.55. The Bertz CT molecular complexity index is 1170. The van der Waals surface area contributed by atoms with E-state index in [1.807, 2.05) is 37.3 Å². The highest BCUT2D eigenvalue weighted by Gasteiger charge is 2.24. The summed E-state index contributed by atoms with van der Waals surface area (Å²) < 4.78 is 7.56. The van der Waals surface area contributed by atoms with Gasteiger partial charge in [-0.1, -0.05) is 36.4 Å². The number of anilines is 1. The van der Waals surface area contributed by atoms with Gasteiger partial charge < -0.3 is 10.1 Å². The Morgan fingerprint density at radius 1 is 1.07 bits per heavy atom. The second-order valence-electron chi connectivity index (χ2n) is 7.13. The summed E-state index contributed by atoms with van der Waals surface area (Å²) in [7, 11) is 0. The molecule has 2 aromatic carbocycles. The molecule has 1 aliphatic heterocycles. The largest absolute Gasteiger partial charge is 0.381 e. The van der Waals surface area contributed by atoms with Crippen LogP contribution in [-0.4, -0.2) is 28.5 Å². The van der Waals surface area contributed by atoms with Crippen molar-refractivity contribution in [1.82, 2.24) is 9.38 Å². The number of fused-ring (bicyclic) bond motifs is 5. The molecule has 136 valence electrons. The quantitative estimate of drug-likeness (QED) is 0.580. The van der Waals surface area contributed by atoms with E-state index in [1.54, 1.807) is 0 Å². The molecule has 3 heterocycles. The number of carbonyl (C=O) groups excluding carboxylic acids is 1. The van der Waals surface area contributed by atoms with E-state index in [0.717, 1.165) is 51.7 Å². The number of nitrogens with zero attached hydrogens (tertiary/aromatic N) is 2. The number of carbonyl (C=O) groups is 1. The average molecular weight is 359 g/mol. The number of hydrogen-bond acceptors (Lipinski definition) is 3. The molecule has 2 aromatic heterocycles. The highest BCUT2D eigenvalue weighted by Crippen LogP contribution is 2.36. The van der Waals surface area contributed by atoms with Crippen LogP contribution in [0.1, 0.15) is 18.7 Å². The first kappa shape index (κ1) is 16.3. The Morgan fingerprint density at radius 3 is 2.59 bits per heavy atom. The van der Waals surface area contributed by atoms with Crippen molar-refractivity contribution in [2.75, 3.05) is 18.5 Å². The smallest absolute Gasteiger partial charge is 0.227 e.